The number of halogens is 4. The van der Waals surface area contributed by atoms with Crippen molar-refractivity contribution in [3.63, 3.8) is 0 Å². The Morgan fingerprint density at radius 3 is 2.57 bits per heavy atom. The van der Waals surface area contributed by atoms with E-state index in [1.54, 1.807) is 0 Å². The Hall–Kier alpha value is -1.08. The van der Waals surface area contributed by atoms with Gasteiger partial charge in [0.05, 0.1) is 11.1 Å². The molecule has 1 aromatic rings. The molecule has 0 saturated carbocycles. The van der Waals surface area contributed by atoms with Crippen molar-refractivity contribution in [2.45, 2.75) is 19.1 Å². The van der Waals surface area contributed by atoms with E-state index >= 15 is 0 Å². The van der Waals surface area contributed by atoms with Crippen LogP contribution in [0, 0.1) is 0 Å². The van der Waals surface area contributed by atoms with Crippen LogP contribution in [-0.2, 0) is 6.18 Å². The summed E-state index contributed by atoms with van der Waals surface area (Å²) in [6.45, 7) is 3.60. The second-order valence-corrected chi connectivity index (χ2v) is 6.21. The number of alkyl halides is 3. The smallest absolute Gasteiger partial charge is 0.333 e. The fourth-order valence-corrected chi connectivity index (χ4v) is 2.89. The van der Waals surface area contributed by atoms with Gasteiger partial charge in [-0.15, -0.1) is 0 Å². The van der Waals surface area contributed by atoms with Crippen LogP contribution in [0.5, 0.6) is 0 Å². The molecule has 1 aromatic carbocycles. The molecule has 7 heteroatoms. The second-order valence-electron chi connectivity index (χ2n) is 5.30. The average Bonchev–Trinajstić information content (AvgIpc) is 2.37. The van der Waals surface area contributed by atoms with Crippen LogP contribution in [0.15, 0.2) is 22.7 Å². The van der Waals surface area contributed by atoms with E-state index in [1.165, 1.54) is 17.0 Å². The van der Waals surface area contributed by atoms with Gasteiger partial charge in [0.15, 0.2) is 0 Å². The Morgan fingerprint density at radius 1 is 1.33 bits per heavy atom. The molecule has 1 saturated heterocycles. The van der Waals surface area contributed by atoms with E-state index in [-0.39, 0.29) is 11.6 Å². The third kappa shape index (κ3) is 3.58. The molecule has 1 fully saturated rings. The number of hydrogen-bond donors (Lipinski definition) is 0. The number of nitrogens with zero attached hydrogens (tertiary/aromatic N) is 2. The van der Waals surface area contributed by atoms with E-state index in [9.17, 15) is 18.0 Å². The lowest BCUT2D eigenvalue weighted by atomic mass is 10.0. The fraction of sp³-hybridized carbons (Fsp3) is 0.500. The molecule has 0 aliphatic carbocycles. The number of likely N-dealkylation sites (N-methyl/N-ethyl adjacent to an activating group) is 1. The molecule has 0 bridgehead atoms. The van der Waals surface area contributed by atoms with Gasteiger partial charge >= 0.3 is 6.18 Å². The zero-order valence-electron chi connectivity index (χ0n) is 11.7. The Labute approximate surface area is 129 Å². The van der Waals surface area contributed by atoms with Gasteiger partial charge in [0.1, 0.15) is 0 Å². The van der Waals surface area contributed by atoms with Gasteiger partial charge in [-0.3, -0.25) is 4.79 Å². The first-order valence-electron chi connectivity index (χ1n) is 6.56. The van der Waals surface area contributed by atoms with Gasteiger partial charge in [-0.05, 0) is 32.2 Å². The van der Waals surface area contributed by atoms with Gasteiger partial charge in [0.25, 0.3) is 5.91 Å². The van der Waals surface area contributed by atoms with Gasteiger partial charge in [-0.1, -0.05) is 15.9 Å². The molecule has 1 atom stereocenters. The third-order valence-corrected chi connectivity index (χ3v) is 4.10. The molecule has 116 valence electrons. The van der Waals surface area contributed by atoms with E-state index in [0.717, 1.165) is 6.07 Å². The summed E-state index contributed by atoms with van der Waals surface area (Å²) in [7, 11) is 1.93. The molecule has 0 aromatic heterocycles. The van der Waals surface area contributed by atoms with Gasteiger partial charge in [-0.25, -0.2) is 0 Å². The molecule has 0 spiro atoms. The third-order valence-electron chi connectivity index (χ3n) is 3.61. The van der Waals surface area contributed by atoms with Crippen molar-refractivity contribution in [2.75, 3.05) is 26.7 Å². The molecule has 0 radical (unpaired) electrons. The molecule has 2 rings (SSSR count). The van der Waals surface area contributed by atoms with Gasteiger partial charge < -0.3 is 9.80 Å². The first-order valence-corrected chi connectivity index (χ1v) is 7.35. The zero-order valence-corrected chi connectivity index (χ0v) is 13.3. The Balaban J connectivity index is 2.35. The molecule has 1 aliphatic heterocycles. The SMILES string of the molecule is CC1CN(C)CCN1C(=O)c1ccc(Br)cc1C(F)(F)F. The fourth-order valence-electron chi connectivity index (χ4n) is 2.53. The molecular weight excluding hydrogens is 349 g/mol. The van der Waals surface area contributed by atoms with Crippen LogP contribution in [0.2, 0.25) is 0 Å². The lowest BCUT2D eigenvalue weighted by Crippen LogP contribution is -2.53. The van der Waals surface area contributed by atoms with Crippen LogP contribution < -0.4 is 0 Å². The van der Waals surface area contributed by atoms with Crippen LogP contribution in [-0.4, -0.2) is 48.4 Å². The largest absolute Gasteiger partial charge is 0.417 e. The van der Waals surface area contributed by atoms with Crippen molar-refractivity contribution < 1.29 is 18.0 Å². The minimum absolute atomic E-state index is 0.110. The number of benzene rings is 1. The first-order chi connectivity index (χ1) is 9.70. The van der Waals surface area contributed by atoms with Crippen molar-refractivity contribution in [2.24, 2.45) is 0 Å². The van der Waals surface area contributed by atoms with E-state index in [0.29, 0.717) is 24.1 Å². The highest BCUT2D eigenvalue weighted by Gasteiger charge is 2.37. The van der Waals surface area contributed by atoms with Crippen LogP contribution >= 0.6 is 15.9 Å². The summed E-state index contributed by atoms with van der Waals surface area (Å²) in [5.41, 5.74) is -1.19. The van der Waals surface area contributed by atoms with Crippen LogP contribution in [0.25, 0.3) is 0 Å². The Morgan fingerprint density at radius 2 is 2.00 bits per heavy atom. The molecule has 1 aliphatic rings. The van der Waals surface area contributed by atoms with Crippen molar-refractivity contribution >= 4 is 21.8 Å². The Bertz CT molecular complexity index is 548. The molecule has 3 nitrogen and oxygen atoms in total. The molecule has 0 N–H and O–H groups in total. The summed E-state index contributed by atoms with van der Waals surface area (Å²) >= 11 is 3.02. The monoisotopic (exact) mass is 364 g/mol. The normalized spacial score (nSPS) is 20.7. The molecule has 1 amide bonds. The van der Waals surface area contributed by atoms with Crippen LogP contribution in [0.3, 0.4) is 0 Å². The quantitative estimate of drug-likeness (QED) is 0.763. The summed E-state index contributed by atoms with van der Waals surface area (Å²) in [6, 6.07) is 3.54. The predicted molar refractivity (Wildman–Crippen MR) is 77.1 cm³/mol. The second kappa shape index (κ2) is 5.96. The summed E-state index contributed by atoms with van der Waals surface area (Å²) in [5.74, 6) is -0.560. The predicted octanol–water partition coefficient (Wildman–Crippen LogP) is 3.24. The number of carbonyl (C=O) groups is 1. The number of amides is 1. The van der Waals surface area contributed by atoms with Crippen LogP contribution in [0.4, 0.5) is 13.2 Å². The van der Waals surface area contributed by atoms with Gasteiger partial charge in [0, 0.05) is 30.1 Å². The summed E-state index contributed by atoms with van der Waals surface area (Å²) in [4.78, 5) is 16.1. The number of hydrogen-bond acceptors (Lipinski definition) is 2. The van der Waals surface area contributed by atoms with Crippen molar-refractivity contribution in [3.8, 4) is 0 Å². The minimum Gasteiger partial charge on any atom is -0.333 e. The highest BCUT2D eigenvalue weighted by atomic mass is 79.9. The lowest BCUT2D eigenvalue weighted by Gasteiger charge is -2.38. The van der Waals surface area contributed by atoms with E-state index in [4.69, 9.17) is 0 Å². The van der Waals surface area contributed by atoms with Crippen molar-refractivity contribution in [3.05, 3.63) is 33.8 Å². The molecule has 1 unspecified atom stereocenters. The molecule has 1 heterocycles. The number of carbonyl (C=O) groups excluding carboxylic acids is 1. The number of rotatable bonds is 1. The standard InChI is InChI=1S/C14H16BrF3N2O/c1-9-8-19(2)5-6-20(9)13(21)11-4-3-10(15)7-12(11)14(16,17)18/h3-4,7,9H,5-6,8H2,1-2H3. The maximum atomic E-state index is 13.1. The topological polar surface area (TPSA) is 23.6 Å². The highest BCUT2D eigenvalue weighted by molar-refractivity contribution is 9.10. The number of piperazine rings is 1. The van der Waals surface area contributed by atoms with E-state index < -0.39 is 17.6 Å². The first kappa shape index (κ1) is 16.3. The van der Waals surface area contributed by atoms with E-state index in [1.807, 2.05) is 14.0 Å². The van der Waals surface area contributed by atoms with Gasteiger partial charge in [-0.2, -0.15) is 13.2 Å². The van der Waals surface area contributed by atoms with Crippen LogP contribution in [0.1, 0.15) is 22.8 Å². The molecule has 21 heavy (non-hydrogen) atoms. The van der Waals surface area contributed by atoms with Crippen molar-refractivity contribution in [1.29, 1.82) is 0 Å². The average molecular weight is 365 g/mol. The summed E-state index contributed by atoms with van der Waals surface area (Å²) < 4.78 is 39.6. The maximum absolute atomic E-state index is 13.1. The minimum atomic E-state index is -4.55. The zero-order chi connectivity index (χ0) is 15.8. The highest BCUT2D eigenvalue weighted by Crippen LogP contribution is 2.34. The Kier molecular flexibility index (Phi) is 4.63. The van der Waals surface area contributed by atoms with Crippen molar-refractivity contribution in [1.82, 2.24) is 9.80 Å². The molecular formula is C14H16BrF3N2O. The maximum Gasteiger partial charge on any atom is 0.417 e. The summed E-state index contributed by atoms with van der Waals surface area (Å²) in [5, 5.41) is 0. The van der Waals surface area contributed by atoms with E-state index in [2.05, 4.69) is 20.8 Å². The lowest BCUT2D eigenvalue weighted by molar-refractivity contribution is -0.138. The summed E-state index contributed by atoms with van der Waals surface area (Å²) in [6.07, 6.45) is -4.55. The van der Waals surface area contributed by atoms with Gasteiger partial charge in [0.2, 0.25) is 0 Å².